The zero-order valence-corrected chi connectivity index (χ0v) is 23.3. The minimum Gasteiger partial charge on any atom is -0.493 e. The number of amidine groups is 1. The average Bonchev–Trinajstić information content (AvgIpc) is 3.10. The molecule has 3 rings (SSSR count). The van der Waals surface area contributed by atoms with Gasteiger partial charge in [-0.3, -0.25) is 15.0 Å². The molecule has 0 aliphatic carbocycles. The molecule has 1 heterocycles. The molecule has 1 aliphatic rings. The summed E-state index contributed by atoms with van der Waals surface area (Å²) in [7, 11) is 2.78. The highest BCUT2D eigenvalue weighted by Gasteiger charge is 2.31. The van der Waals surface area contributed by atoms with Crippen molar-refractivity contribution in [3.63, 3.8) is 0 Å². The number of rotatable bonds is 8. The molecule has 0 radical (unpaired) electrons. The Morgan fingerprint density at radius 3 is 2.32 bits per heavy atom. The molecule has 0 unspecified atom stereocenters. The Bertz CT molecular complexity index is 1380. The molecule has 11 heteroatoms. The van der Waals surface area contributed by atoms with Gasteiger partial charge in [-0.2, -0.15) is 8.42 Å². The monoisotopic (exact) mass is 530 g/mol. The van der Waals surface area contributed by atoms with E-state index in [1.54, 1.807) is 24.1 Å². The standard InChI is InChI=1S/C26H34N4O6S/c1-26(2,3)19-9-15(11-22(35-7)23(19)36-37(8,33)34)21(31)14-30-13-16-10-20(29(5)6)18(25(32)28-4)12-17(16)24(30)27/h9-12,27H,13-14H2,1-8H3,(H,28,32). The number of fused-ring (bicyclic) bond motifs is 1. The molecule has 0 bridgehead atoms. The predicted octanol–water partition coefficient (Wildman–Crippen LogP) is 2.78. The van der Waals surface area contributed by atoms with Crippen LogP contribution in [0.1, 0.15) is 58.2 Å². The van der Waals surface area contributed by atoms with E-state index in [9.17, 15) is 18.0 Å². The third-order valence-corrected chi connectivity index (χ3v) is 6.55. The van der Waals surface area contributed by atoms with E-state index in [2.05, 4.69) is 5.32 Å². The smallest absolute Gasteiger partial charge is 0.306 e. The lowest BCUT2D eigenvalue weighted by Gasteiger charge is -2.25. The van der Waals surface area contributed by atoms with Gasteiger partial charge in [0.2, 0.25) is 0 Å². The third kappa shape index (κ3) is 5.87. The van der Waals surface area contributed by atoms with Gasteiger partial charge in [-0.15, -0.1) is 0 Å². The molecular formula is C26H34N4O6S. The summed E-state index contributed by atoms with van der Waals surface area (Å²) in [5.74, 6) is -0.197. The van der Waals surface area contributed by atoms with E-state index in [0.717, 1.165) is 17.5 Å². The third-order valence-electron chi connectivity index (χ3n) is 6.08. The van der Waals surface area contributed by atoms with Crippen LogP contribution < -0.4 is 19.1 Å². The molecule has 10 nitrogen and oxygen atoms in total. The van der Waals surface area contributed by atoms with Gasteiger partial charge in [0.05, 0.1) is 25.5 Å². The maximum absolute atomic E-state index is 13.4. The Morgan fingerprint density at radius 1 is 1.16 bits per heavy atom. The Kier molecular flexibility index (Phi) is 7.59. The van der Waals surface area contributed by atoms with Crippen LogP contribution in [0.3, 0.4) is 0 Å². The lowest BCUT2D eigenvalue weighted by Crippen LogP contribution is -2.30. The molecule has 0 atom stereocenters. The summed E-state index contributed by atoms with van der Waals surface area (Å²) >= 11 is 0. The van der Waals surface area contributed by atoms with E-state index in [1.807, 2.05) is 45.8 Å². The van der Waals surface area contributed by atoms with Crippen LogP contribution in [0.5, 0.6) is 11.5 Å². The Balaban J connectivity index is 1.97. The van der Waals surface area contributed by atoms with Gasteiger partial charge in [-0.25, -0.2) is 0 Å². The summed E-state index contributed by atoms with van der Waals surface area (Å²) < 4.78 is 34.4. The van der Waals surface area contributed by atoms with Gasteiger partial charge in [0.15, 0.2) is 17.3 Å². The minimum atomic E-state index is -3.84. The second-order valence-corrected chi connectivity index (χ2v) is 11.8. The number of ketones is 1. The fraction of sp³-hybridized carbons (Fsp3) is 0.423. The van der Waals surface area contributed by atoms with Crippen molar-refractivity contribution in [2.75, 3.05) is 46.0 Å². The molecule has 37 heavy (non-hydrogen) atoms. The summed E-state index contributed by atoms with van der Waals surface area (Å²) in [5.41, 5.74) is 2.88. The van der Waals surface area contributed by atoms with Crippen molar-refractivity contribution in [2.24, 2.45) is 0 Å². The zero-order valence-electron chi connectivity index (χ0n) is 22.5. The second-order valence-electron chi connectivity index (χ2n) is 10.2. The minimum absolute atomic E-state index is 0.0494. The van der Waals surface area contributed by atoms with Crippen LogP contribution in [0, 0.1) is 5.41 Å². The molecule has 1 amide bonds. The molecule has 0 saturated carbocycles. The number of ether oxygens (including phenoxy) is 1. The van der Waals surface area contributed by atoms with E-state index in [4.69, 9.17) is 14.3 Å². The largest absolute Gasteiger partial charge is 0.493 e. The number of Topliss-reactive ketones (excluding diaryl/α,β-unsaturated/α-hetero) is 1. The van der Waals surface area contributed by atoms with Crippen molar-refractivity contribution >= 4 is 33.3 Å². The van der Waals surface area contributed by atoms with Crippen LogP contribution in [0.4, 0.5) is 5.69 Å². The highest BCUT2D eigenvalue weighted by molar-refractivity contribution is 7.86. The number of benzene rings is 2. The number of carbonyl (C=O) groups is 2. The Hall–Kier alpha value is -3.60. The van der Waals surface area contributed by atoms with Crippen molar-refractivity contribution in [1.82, 2.24) is 10.2 Å². The lowest BCUT2D eigenvalue weighted by atomic mass is 9.84. The lowest BCUT2D eigenvalue weighted by molar-refractivity contribution is 0.0955. The first-order valence-electron chi connectivity index (χ1n) is 11.6. The highest BCUT2D eigenvalue weighted by atomic mass is 32.2. The van der Waals surface area contributed by atoms with E-state index in [-0.39, 0.29) is 35.6 Å². The fourth-order valence-electron chi connectivity index (χ4n) is 4.23. The van der Waals surface area contributed by atoms with Gasteiger partial charge in [0, 0.05) is 50.1 Å². The fourth-order valence-corrected chi connectivity index (χ4v) is 4.71. The molecule has 1 aliphatic heterocycles. The molecular weight excluding hydrogens is 496 g/mol. The molecule has 2 N–H and O–H groups in total. The quantitative estimate of drug-likeness (QED) is 0.394. The number of nitrogens with one attached hydrogen (secondary N) is 2. The normalized spacial score (nSPS) is 13.3. The maximum atomic E-state index is 13.4. The zero-order chi connectivity index (χ0) is 27.9. The van der Waals surface area contributed by atoms with Crippen LogP contribution >= 0.6 is 0 Å². The Labute approximate surface area is 218 Å². The topological polar surface area (TPSA) is 129 Å². The second kappa shape index (κ2) is 10.0. The van der Waals surface area contributed by atoms with E-state index >= 15 is 0 Å². The molecule has 0 aromatic heterocycles. The number of anilines is 1. The Morgan fingerprint density at radius 2 is 1.81 bits per heavy atom. The molecule has 0 fully saturated rings. The van der Waals surface area contributed by atoms with Crippen molar-refractivity contribution < 1.29 is 26.9 Å². The van der Waals surface area contributed by atoms with Crippen molar-refractivity contribution in [1.29, 1.82) is 5.41 Å². The summed E-state index contributed by atoms with van der Waals surface area (Å²) in [4.78, 5) is 29.3. The van der Waals surface area contributed by atoms with Crippen molar-refractivity contribution in [2.45, 2.75) is 32.7 Å². The van der Waals surface area contributed by atoms with E-state index < -0.39 is 15.5 Å². The number of methoxy groups -OCH3 is 1. The number of hydrogen-bond donors (Lipinski definition) is 2. The van der Waals surface area contributed by atoms with Crippen LogP contribution in [0.15, 0.2) is 24.3 Å². The van der Waals surface area contributed by atoms with Crippen molar-refractivity contribution in [3.05, 3.63) is 52.1 Å². The maximum Gasteiger partial charge on any atom is 0.306 e. The van der Waals surface area contributed by atoms with Crippen LogP contribution in [0.2, 0.25) is 0 Å². The van der Waals surface area contributed by atoms with Crippen LogP contribution in [0.25, 0.3) is 0 Å². The van der Waals surface area contributed by atoms with Gasteiger partial charge in [-0.1, -0.05) is 20.8 Å². The van der Waals surface area contributed by atoms with Gasteiger partial charge in [0.25, 0.3) is 5.91 Å². The van der Waals surface area contributed by atoms with Crippen molar-refractivity contribution in [3.8, 4) is 11.5 Å². The summed E-state index contributed by atoms with van der Waals surface area (Å²) in [6, 6.07) is 6.64. The first-order chi connectivity index (χ1) is 17.1. The predicted molar refractivity (Wildman–Crippen MR) is 143 cm³/mol. The summed E-state index contributed by atoms with van der Waals surface area (Å²) in [5, 5.41) is 11.3. The number of carbonyl (C=O) groups excluding carboxylic acids is 2. The molecule has 0 saturated heterocycles. The van der Waals surface area contributed by atoms with Gasteiger partial charge in [-0.05, 0) is 35.2 Å². The first kappa shape index (κ1) is 28.0. The molecule has 2 aromatic rings. The summed E-state index contributed by atoms with van der Waals surface area (Å²) in [6.07, 6.45) is 0.950. The average molecular weight is 531 g/mol. The highest BCUT2D eigenvalue weighted by Crippen LogP contribution is 2.41. The van der Waals surface area contributed by atoms with Gasteiger partial charge in [0.1, 0.15) is 5.84 Å². The molecule has 0 spiro atoms. The van der Waals surface area contributed by atoms with Gasteiger partial charge >= 0.3 is 10.1 Å². The van der Waals surface area contributed by atoms with Crippen LogP contribution in [-0.2, 0) is 22.1 Å². The number of amides is 1. The summed E-state index contributed by atoms with van der Waals surface area (Å²) in [6.45, 7) is 5.89. The molecule has 2 aromatic carbocycles. The molecule has 200 valence electrons. The van der Waals surface area contributed by atoms with Crippen LogP contribution in [-0.4, -0.2) is 71.9 Å². The van der Waals surface area contributed by atoms with Gasteiger partial charge < -0.3 is 24.0 Å². The SMILES string of the molecule is CNC(=O)c1cc2c(cc1N(C)C)CN(CC(=O)c1cc(OC)c(OS(C)(=O)=O)c(C(C)(C)C)c1)C2=N. The van der Waals surface area contributed by atoms with E-state index in [0.29, 0.717) is 28.8 Å². The van der Waals surface area contributed by atoms with E-state index in [1.165, 1.54) is 13.2 Å². The first-order valence-corrected chi connectivity index (χ1v) is 13.4. The number of nitrogens with zero attached hydrogens (tertiary/aromatic N) is 2. The number of hydrogen-bond acceptors (Lipinski definition) is 8.